The highest BCUT2D eigenvalue weighted by atomic mass is 16.6. The summed E-state index contributed by atoms with van der Waals surface area (Å²) in [4.78, 5) is 47.1. The fourth-order valence-electron chi connectivity index (χ4n) is 2.82. The van der Waals surface area contributed by atoms with Gasteiger partial charge in [0.2, 0.25) is 0 Å². The Bertz CT molecular complexity index is 913. The number of ether oxygens (including phenoxy) is 1. The van der Waals surface area contributed by atoms with Crippen LogP contribution in [0.1, 0.15) is 17.0 Å². The maximum Gasteiger partial charge on any atom is 0.310 e. The molecule has 1 aliphatic rings. The van der Waals surface area contributed by atoms with Crippen molar-refractivity contribution in [3.63, 3.8) is 0 Å². The summed E-state index contributed by atoms with van der Waals surface area (Å²) in [5.74, 6) is -1.49. The molecule has 1 aromatic heterocycles. The van der Waals surface area contributed by atoms with Crippen molar-refractivity contribution in [3.8, 4) is 5.75 Å². The van der Waals surface area contributed by atoms with Crippen molar-refractivity contribution >= 4 is 23.4 Å². The molecule has 0 unspecified atom stereocenters. The lowest BCUT2D eigenvalue weighted by molar-refractivity contribution is -0.385. The molecule has 1 aromatic carbocycles. The highest BCUT2D eigenvalue weighted by Crippen LogP contribution is 2.26. The number of carbonyl (C=O) groups is 3. The molecule has 0 radical (unpaired) electrons. The molecular formula is C18H18N4O7. The predicted octanol–water partition coefficient (Wildman–Crippen LogP) is 0.973. The fourth-order valence-corrected chi connectivity index (χ4v) is 2.82. The second-order valence-electron chi connectivity index (χ2n) is 6.06. The van der Waals surface area contributed by atoms with Crippen molar-refractivity contribution in [3.05, 3.63) is 58.5 Å². The first-order valence-electron chi connectivity index (χ1n) is 8.76. The molecule has 0 saturated carbocycles. The van der Waals surface area contributed by atoms with Crippen molar-refractivity contribution < 1.29 is 28.5 Å². The van der Waals surface area contributed by atoms with Crippen LogP contribution in [0.3, 0.4) is 0 Å². The summed E-state index contributed by atoms with van der Waals surface area (Å²) < 4.78 is 10.2. The van der Waals surface area contributed by atoms with E-state index in [2.05, 4.69) is 5.32 Å². The highest BCUT2D eigenvalue weighted by molar-refractivity contribution is 5.94. The molecule has 2 aromatic rings. The van der Waals surface area contributed by atoms with Gasteiger partial charge in [-0.2, -0.15) is 0 Å². The van der Waals surface area contributed by atoms with Crippen LogP contribution in [0.4, 0.5) is 5.69 Å². The van der Waals surface area contributed by atoms with Crippen LogP contribution in [0, 0.1) is 10.1 Å². The molecule has 11 nitrogen and oxygen atoms in total. The topological polar surface area (TPSA) is 135 Å². The number of para-hydroxylation sites is 2. The van der Waals surface area contributed by atoms with Crippen LogP contribution in [0.5, 0.6) is 5.75 Å². The maximum atomic E-state index is 12.5. The molecule has 1 saturated heterocycles. The summed E-state index contributed by atoms with van der Waals surface area (Å²) in [6.45, 7) is -0.161. The average molecular weight is 402 g/mol. The molecule has 3 rings (SSSR count). The van der Waals surface area contributed by atoms with Gasteiger partial charge in [0.15, 0.2) is 18.1 Å². The number of hydrogen-bond donors (Lipinski definition) is 1. The van der Waals surface area contributed by atoms with Crippen molar-refractivity contribution in [2.45, 2.75) is 6.42 Å². The zero-order valence-electron chi connectivity index (χ0n) is 15.3. The van der Waals surface area contributed by atoms with Gasteiger partial charge in [-0.25, -0.2) is 10.0 Å². The van der Waals surface area contributed by atoms with E-state index in [1.165, 1.54) is 40.5 Å². The third-order valence-corrected chi connectivity index (χ3v) is 4.17. The molecule has 0 spiro atoms. The van der Waals surface area contributed by atoms with Crippen LogP contribution in [0.2, 0.25) is 0 Å². The summed E-state index contributed by atoms with van der Waals surface area (Å²) in [5.41, 5.74) is -0.254. The van der Waals surface area contributed by atoms with E-state index in [1.807, 2.05) is 0 Å². The van der Waals surface area contributed by atoms with E-state index in [9.17, 15) is 24.5 Å². The van der Waals surface area contributed by atoms with E-state index in [-0.39, 0.29) is 23.7 Å². The van der Waals surface area contributed by atoms with E-state index in [0.29, 0.717) is 19.5 Å². The Labute approximate surface area is 164 Å². The molecule has 3 amide bonds. The van der Waals surface area contributed by atoms with Gasteiger partial charge in [-0.05, 0) is 24.6 Å². The highest BCUT2D eigenvalue weighted by Gasteiger charge is 2.31. The van der Waals surface area contributed by atoms with Crippen molar-refractivity contribution in [1.82, 2.24) is 15.3 Å². The normalized spacial score (nSPS) is 13.2. The minimum Gasteiger partial charge on any atom is -0.477 e. The molecular weight excluding hydrogens is 384 g/mol. The van der Waals surface area contributed by atoms with E-state index >= 15 is 0 Å². The van der Waals surface area contributed by atoms with Gasteiger partial charge in [0.1, 0.15) is 0 Å². The maximum absolute atomic E-state index is 12.5. The SMILES string of the molecule is O=C(NCC(=O)N1CCCN1C(=O)COc1ccccc1[N+](=O)[O-])c1ccco1. The minimum atomic E-state index is -0.604. The Morgan fingerprint density at radius 2 is 1.83 bits per heavy atom. The number of amides is 3. The molecule has 152 valence electrons. The summed E-state index contributed by atoms with van der Waals surface area (Å²) in [6.07, 6.45) is 1.91. The molecule has 0 aliphatic carbocycles. The second kappa shape index (κ2) is 8.87. The van der Waals surface area contributed by atoms with Crippen molar-refractivity contribution in [1.29, 1.82) is 0 Å². The second-order valence-corrected chi connectivity index (χ2v) is 6.06. The Morgan fingerprint density at radius 1 is 1.10 bits per heavy atom. The van der Waals surface area contributed by atoms with Crippen LogP contribution in [0.15, 0.2) is 47.1 Å². The Hall–Kier alpha value is -3.89. The van der Waals surface area contributed by atoms with Gasteiger partial charge >= 0.3 is 5.69 Å². The zero-order chi connectivity index (χ0) is 20.8. The first-order valence-corrected chi connectivity index (χ1v) is 8.76. The van der Waals surface area contributed by atoms with Gasteiger partial charge in [0.05, 0.1) is 17.7 Å². The smallest absolute Gasteiger partial charge is 0.310 e. The van der Waals surface area contributed by atoms with Crippen LogP contribution in [-0.4, -0.2) is 58.9 Å². The number of hydrogen-bond acceptors (Lipinski definition) is 7. The summed E-state index contributed by atoms with van der Waals surface area (Å²) >= 11 is 0. The lowest BCUT2D eigenvalue weighted by atomic mass is 10.3. The third-order valence-electron chi connectivity index (χ3n) is 4.17. The van der Waals surface area contributed by atoms with Gasteiger partial charge in [0, 0.05) is 19.2 Å². The number of furan rings is 1. The Balaban J connectivity index is 1.55. The Morgan fingerprint density at radius 3 is 2.52 bits per heavy atom. The molecule has 2 heterocycles. The van der Waals surface area contributed by atoms with Crippen molar-refractivity contribution in [2.24, 2.45) is 0 Å². The van der Waals surface area contributed by atoms with E-state index in [1.54, 1.807) is 12.1 Å². The third kappa shape index (κ3) is 4.69. The molecule has 29 heavy (non-hydrogen) atoms. The van der Waals surface area contributed by atoms with Crippen LogP contribution in [-0.2, 0) is 9.59 Å². The molecule has 11 heteroatoms. The molecule has 1 N–H and O–H groups in total. The van der Waals surface area contributed by atoms with Crippen molar-refractivity contribution in [2.75, 3.05) is 26.2 Å². The summed E-state index contributed by atoms with van der Waals surface area (Å²) in [5, 5.41) is 15.9. The van der Waals surface area contributed by atoms with Gasteiger partial charge in [-0.1, -0.05) is 12.1 Å². The molecule has 0 atom stereocenters. The number of nitro groups is 1. The molecule has 1 fully saturated rings. The number of nitro benzene ring substituents is 1. The lowest BCUT2D eigenvalue weighted by Gasteiger charge is -2.27. The van der Waals surface area contributed by atoms with E-state index in [0.717, 1.165) is 0 Å². The zero-order valence-corrected chi connectivity index (χ0v) is 15.3. The lowest BCUT2D eigenvalue weighted by Crippen LogP contribution is -2.49. The monoisotopic (exact) mass is 402 g/mol. The average Bonchev–Trinajstić information content (AvgIpc) is 3.42. The fraction of sp³-hybridized carbons (Fsp3) is 0.278. The predicted molar refractivity (Wildman–Crippen MR) is 97.7 cm³/mol. The van der Waals surface area contributed by atoms with E-state index in [4.69, 9.17) is 9.15 Å². The van der Waals surface area contributed by atoms with Crippen LogP contribution < -0.4 is 10.1 Å². The molecule has 1 aliphatic heterocycles. The molecule has 0 bridgehead atoms. The van der Waals surface area contributed by atoms with E-state index < -0.39 is 29.3 Å². The number of benzene rings is 1. The number of hydrazine groups is 1. The number of carbonyl (C=O) groups excluding carboxylic acids is 3. The Kier molecular flexibility index (Phi) is 6.07. The van der Waals surface area contributed by atoms with Gasteiger partial charge in [0.25, 0.3) is 17.7 Å². The minimum absolute atomic E-state index is 0.0337. The first-order chi connectivity index (χ1) is 14.0. The summed E-state index contributed by atoms with van der Waals surface area (Å²) in [7, 11) is 0. The van der Waals surface area contributed by atoms with Gasteiger partial charge in [-0.15, -0.1) is 0 Å². The number of nitrogens with one attached hydrogen (secondary N) is 1. The van der Waals surface area contributed by atoms with Gasteiger partial charge < -0.3 is 14.5 Å². The van der Waals surface area contributed by atoms with Crippen LogP contribution >= 0.6 is 0 Å². The quantitative estimate of drug-likeness (QED) is 0.538. The number of nitrogens with zero attached hydrogens (tertiary/aromatic N) is 3. The van der Waals surface area contributed by atoms with Crippen LogP contribution in [0.25, 0.3) is 0 Å². The summed E-state index contributed by atoms with van der Waals surface area (Å²) in [6, 6.07) is 8.72. The largest absolute Gasteiger partial charge is 0.477 e. The standard InChI is InChI=1S/C18H18N4O7/c23-16(11-19-18(25)15-7-3-10-28-15)20-8-4-9-21(20)17(24)12-29-14-6-2-1-5-13(14)22(26)27/h1-3,5-7,10H,4,8-9,11-12H2,(H,19,25). The van der Waals surface area contributed by atoms with Gasteiger partial charge in [-0.3, -0.25) is 24.5 Å². The number of rotatable bonds is 7. The first kappa shape index (κ1) is 19.9.